The Morgan fingerprint density at radius 3 is 2.24 bits per heavy atom. The Kier molecular flexibility index (Phi) is 7.29. The van der Waals surface area contributed by atoms with Gasteiger partial charge in [-0.2, -0.15) is 0 Å². The zero-order chi connectivity index (χ0) is 12.5. The molecule has 96 valence electrons. The van der Waals surface area contributed by atoms with Gasteiger partial charge in [0.15, 0.2) is 0 Å². The van der Waals surface area contributed by atoms with Gasteiger partial charge in [-0.15, -0.1) is 0 Å². The molecule has 0 bridgehead atoms. The highest BCUT2D eigenvalue weighted by molar-refractivity contribution is 7.96. The van der Waals surface area contributed by atoms with Crippen LogP contribution >= 0.6 is 11.9 Å². The minimum atomic E-state index is -0.262. The van der Waals surface area contributed by atoms with Crippen LogP contribution < -0.4 is 0 Å². The first-order valence-corrected chi connectivity index (χ1v) is 7.26. The maximum atomic E-state index is 12.3. The second-order valence-electron chi connectivity index (χ2n) is 3.96. The van der Waals surface area contributed by atoms with Gasteiger partial charge in [0.05, 0.1) is 0 Å². The van der Waals surface area contributed by atoms with Crippen molar-refractivity contribution < 1.29 is 4.39 Å². The lowest BCUT2D eigenvalue weighted by molar-refractivity contribution is 0.387. The van der Waals surface area contributed by atoms with E-state index in [4.69, 9.17) is 0 Å². The molecule has 0 radical (unpaired) electrons. The molecule has 0 heterocycles. The Bertz CT molecular complexity index is 294. The average Bonchev–Trinajstić information content (AvgIpc) is 2.37. The minimum Gasteiger partial charge on any atom is -0.250 e. The molecule has 0 unspecified atom stereocenters. The van der Waals surface area contributed by atoms with Crippen LogP contribution in [0.4, 0.5) is 4.39 Å². The number of hydrogen-bond acceptors (Lipinski definition) is 2. The first kappa shape index (κ1) is 14.5. The molecule has 1 aromatic rings. The Balaban J connectivity index is 2.41. The van der Waals surface area contributed by atoms with Crippen LogP contribution in [-0.4, -0.2) is 29.8 Å². The first-order valence-electron chi connectivity index (χ1n) is 6.31. The minimum absolute atomic E-state index is 0.262. The van der Waals surface area contributed by atoms with Gasteiger partial charge in [-0.1, -0.05) is 50.1 Å². The number of benzene rings is 1. The van der Waals surface area contributed by atoms with Gasteiger partial charge >= 0.3 is 0 Å². The van der Waals surface area contributed by atoms with Crippen LogP contribution in [-0.2, 0) is 12.8 Å². The van der Waals surface area contributed by atoms with Gasteiger partial charge in [0.25, 0.3) is 0 Å². The summed E-state index contributed by atoms with van der Waals surface area (Å²) in [5, 5.41) is 0. The van der Waals surface area contributed by atoms with E-state index in [-0.39, 0.29) is 6.67 Å². The number of hydrogen-bond donors (Lipinski definition) is 0. The molecule has 0 aromatic heterocycles. The molecule has 1 aromatic carbocycles. The van der Waals surface area contributed by atoms with E-state index in [1.807, 2.05) is 0 Å². The zero-order valence-corrected chi connectivity index (χ0v) is 11.6. The lowest BCUT2D eigenvalue weighted by atomic mass is 10.1. The van der Waals surface area contributed by atoms with Crippen LogP contribution in [0.1, 0.15) is 25.0 Å². The Morgan fingerprint density at radius 2 is 1.71 bits per heavy atom. The van der Waals surface area contributed by atoms with Gasteiger partial charge in [-0.25, -0.2) is 8.70 Å². The lowest BCUT2D eigenvalue weighted by Crippen LogP contribution is -2.21. The number of halogens is 1. The molecule has 3 heteroatoms. The summed E-state index contributed by atoms with van der Waals surface area (Å²) in [6.07, 6.45) is 2.08. The second kappa shape index (κ2) is 8.54. The Hall–Kier alpha value is -0.540. The van der Waals surface area contributed by atoms with Gasteiger partial charge in [-0.05, 0) is 24.0 Å². The quantitative estimate of drug-likeness (QED) is 0.651. The molecule has 1 rings (SSSR count). The molecule has 0 aliphatic rings. The van der Waals surface area contributed by atoms with Gasteiger partial charge in [0, 0.05) is 18.8 Å². The summed E-state index contributed by atoms with van der Waals surface area (Å²) in [7, 11) is 0. The van der Waals surface area contributed by atoms with E-state index < -0.39 is 0 Å². The first-order chi connectivity index (χ1) is 8.30. The van der Waals surface area contributed by atoms with Crippen LogP contribution in [0.2, 0.25) is 0 Å². The van der Waals surface area contributed by atoms with Crippen LogP contribution in [0.5, 0.6) is 0 Å². The molecular formula is C14H22FNS. The second-order valence-corrected chi connectivity index (χ2v) is 5.31. The summed E-state index contributed by atoms with van der Waals surface area (Å²) < 4.78 is 14.5. The van der Waals surface area contributed by atoms with Gasteiger partial charge in [0.2, 0.25) is 0 Å². The average molecular weight is 255 g/mol. The third-order valence-electron chi connectivity index (χ3n) is 2.73. The number of aryl methyl sites for hydroxylation is 1. The Labute approximate surface area is 109 Å². The van der Waals surface area contributed by atoms with Crippen LogP contribution in [0.3, 0.4) is 0 Å². The van der Waals surface area contributed by atoms with Crippen molar-refractivity contribution in [1.82, 2.24) is 4.31 Å². The molecule has 0 saturated heterocycles. The van der Waals surface area contributed by atoms with Crippen molar-refractivity contribution in [3.8, 4) is 0 Å². The maximum absolute atomic E-state index is 12.3. The van der Waals surface area contributed by atoms with Crippen LogP contribution in [0, 0.1) is 0 Å². The molecule has 0 atom stereocenters. The summed E-state index contributed by atoms with van der Waals surface area (Å²) >= 11 is 1.72. The monoisotopic (exact) mass is 255 g/mol. The lowest BCUT2D eigenvalue weighted by Gasteiger charge is -2.18. The number of nitrogens with zero attached hydrogens (tertiary/aromatic N) is 1. The van der Waals surface area contributed by atoms with E-state index in [9.17, 15) is 4.39 Å². The van der Waals surface area contributed by atoms with Gasteiger partial charge in [0.1, 0.15) is 6.67 Å². The number of alkyl halides is 1. The van der Waals surface area contributed by atoms with E-state index in [0.29, 0.717) is 6.54 Å². The predicted molar refractivity (Wildman–Crippen MR) is 75.2 cm³/mol. The maximum Gasteiger partial charge on any atom is 0.103 e. The summed E-state index contributed by atoms with van der Waals surface area (Å²) in [6.45, 7) is 5.46. The molecule has 1 nitrogen and oxygen atoms in total. The predicted octanol–water partition coefficient (Wildman–Crippen LogP) is 3.73. The molecule has 0 fully saturated rings. The van der Waals surface area contributed by atoms with Crippen molar-refractivity contribution >= 4 is 11.9 Å². The fourth-order valence-electron chi connectivity index (χ4n) is 1.71. The number of rotatable bonds is 8. The molecule has 0 amide bonds. The van der Waals surface area contributed by atoms with Crippen molar-refractivity contribution in [2.75, 3.05) is 25.5 Å². The third kappa shape index (κ3) is 5.55. The SMILES string of the molecule is CCSN(CCF)CCc1ccc(CC)cc1. The van der Waals surface area contributed by atoms with Crippen LogP contribution in [0.25, 0.3) is 0 Å². The molecule has 0 spiro atoms. The molecule has 0 aliphatic carbocycles. The summed E-state index contributed by atoms with van der Waals surface area (Å²) in [6, 6.07) is 8.73. The van der Waals surface area contributed by atoms with Crippen molar-refractivity contribution in [3.05, 3.63) is 35.4 Å². The fourth-order valence-corrected chi connectivity index (χ4v) is 2.50. The van der Waals surface area contributed by atoms with Gasteiger partial charge < -0.3 is 0 Å². The molecular weight excluding hydrogens is 233 g/mol. The van der Waals surface area contributed by atoms with Crippen molar-refractivity contribution in [2.45, 2.75) is 26.7 Å². The van der Waals surface area contributed by atoms with E-state index in [2.05, 4.69) is 42.4 Å². The summed E-state index contributed by atoms with van der Waals surface area (Å²) in [5.41, 5.74) is 2.71. The normalized spacial score (nSPS) is 11.1. The zero-order valence-electron chi connectivity index (χ0n) is 10.8. The fraction of sp³-hybridized carbons (Fsp3) is 0.571. The molecule has 17 heavy (non-hydrogen) atoms. The van der Waals surface area contributed by atoms with E-state index in [1.165, 1.54) is 11.1 Å². The smallest absolute Gasteiger partial charge is 0.103 e. The highest BCUT2D eigenvalue weighted by Crippen LogP contribution is 2.12. The van der Waals surface area contributed by atoms with Crippen molar-refractivity contribution in [2.24, 2.45) is 0 Å². The standard InChI is InChI=1S/C14H22FNS/c1-3-13-5-7-14(8-6-13)9-11-16(12-10-15)17-4-2/h5-8H,3-4,9-12H2,1-2H3. The topological polar surface area (TPSA) is 3.24 Å². The third-order valence-corrected chi connectivity index (χ3v) is 3.72. The van der Waals surface area contributed by atoms with E-state index in [1.54, 1.807) is 11.9 Å². The van der Waals surface area contributed by atoms with Crippen molar-refractivity contribution in [1.29, 1.82) is 0 Å². The molecule has 0 aliphatic heterocycles. The summed E-state index contributed by atoms with van der Waals surface area (Å²) in [5.74, 6) is 1.01. The molecule has 0 N–H and O–H groups in total. The van der Waals surface area contributed by atoms with E-state index in [0.717, 1.165) is 25.1 Å². The highest BCUT2D eigenvalue weighted by Gasteiger charge is 2.04. The van der Waals surface area contributed by atoms with E-state index >= 15 is 0 Å². The largest absolute Gasteiger partial charge is 0.250 e. The Morgan fingerprint density at radius 1 is 1.06 bits per heavy atom. The van der Waals surface area contributed by atoms with Crippen LogP contribution in [0.15, 0.2) is 24.3 Å². The molecule has 0 saturated carbocycles. The van der Waals surface area contributed by atoms with Crippen molar-refractivity contribution in [3.63, 3.8) is 0 Å². The highest BCUT2D eigenvalue weighted by atomic mass is 32.2. The summed E-state index contributed by atoms with van der Waals surface area (Å²) in [4.78, 5) is 0. The van der Waals surface area contributed by atoms with Gasteiger partial charge in [-0.3, -0.25) is 0 Å².